The first-order valence-electron chi connectivity index (χ1n) is 6.68. The van der Waals surface area contributed by atoms with Crippen molar-refractivity contribution in [2.75, 3.05) is 23.4 Å². The molecule has 2 unspecified atom stereocenters. The number of thioether (sulfide) groups is 1. The summed E-state index contributed by atoms with van der Waals surface area (Å²) in [7, 11) is 0. The van der Waals surface area contributed by atoms with Gasteiger partial charge < -0.3 is 10.6 Å². The van der Waals surface area contributed by atoms with Crippen molar-refractivity contribution >= 4 is 23.4 Å². The summed E-state index contributed by atoms with van der Waals surface area (Å²) in [4.78, 5) is 8.53. The molecule has 1 fully saturated rings. The lowest BCUT2D eigenvalue weighted by Gasteiger charge is -2.19. The van der Waals surface area contributed by atoms with Crippen LogP contribution in [0.1, 0.15) is 32.6 Å². The van der Waals surface area contributed by atoms with Crippen LogP contribution in [0.4, 0.5) is 11.6 Å². The zero-order valence-electron chi connectivity index (χ0n) is 11.1. The van der Waals surface area contributed by atoms with Gasteiger partial charge >= 0.3 is 0 Å². The van der Waals surface area contributed by atoms with E-state index in [-0.39, 0.29) is 0 Å². The third-order valence-corrected chi connectivity index (χ3v) is 4.48. The molecule has 2 N–H and O–H groups in total. The second-order valence-electron chi connectivity index (χ2n) is 4.67. The van der Waals surface area contributed by atoms with Crippen molar-refractivity contribution in [2.24, 2.45) is 0 Å². The molecule has 4 nitrogen and oxygen atoms in total. The lowest BCUT2D eigenvalue weighted by molar-refractivity contribution is 0.762. The van der Waals surface area contributed by atoms with Crippen LogP contribution in [0.25, 0.3) is 0 Å². The smallest absolute Gasteiger partial charge is 0.131 e. The SMILES string of the molecule is CCCNc1cc(NC2CCCC2SC)ncn1. The minimum Gasteiger partial charge on any atom is -0.370 e. The molecule has 1 aliphatic carbocycles. The lowest BCUT2D eigenvalue weighted by atomic mass is 10.2. The Bertz CT molecular complexity index is 372. The number of hydrogen-bond donors (Lipinski definition) is 2. The van der Waals surface area contributed by atoms with Gasteiger partial charge in [0.15, 0.2) is 0 Å². The van der Waals surface area contributed by atoms with Gasteiger partial charge in [-0.3, -0.25) is 0 Å². The van der Waals surface area contributed by atoms with E-state index in [1.54, 1.807) is 6.33 Å². The summed E-state index contributed by atoms with van der Waals surface area (Å²) in [6.07, 6.45) is 8.79. The molecule has 2 rings (SSSR count). The Morgan fingerprint density at radius 1 is 1.33 bits per heavy atom. The third kappa shape index (κ3) is 3.51. The highest BCUT2D eigenvalue weighted by molar-refractivity contribution is 7.99. The van der Waals surface area contributed by atoms with Gasteiger partial charge in [0, 0.05) is 23.9 Å². The molecule has 0 aliphatic heterocycles. The van der Waals surface area contributed by atoms with Crippen LogP contribution in [0, 0.1) is 0 Å². The minimum atomic E-state index is 0.550. The second kappa shape index (κ2) is 6.83. The van der Waals surface area contributed by atoms with Crippen LogP contribution >= 0.6 is 11.8 Å². The van der Waals surface area contributed by atoms with Crippen LogP contribution in [-0.2, 0) is 0 Å². The van der Waals surface area contributed by atoms with Crippen molar-refractivity contribution < 1.29 is 0 Å². The highest BCUT2D eigenvalue weighted by Gasteiger charge is 2.26. The van der Waals surface area contributed by atoms with E-state index in [0.29, 0.717) is 11.3 Å². The van der Waals surface area contributed by atoms with E-state index >= 15 is 0 Å². The van der Waals surface area contributed by atoms with E-state index in [9.17, 15) is 0 Å². The predicted octanol–water partition coefficient (Wildman–Crippen LogP) is 2.99. The summed E-state index contributed by atoms with van der Waals surface area (Å²) in [5.41, 5.74) is 0. The molecule has 100 valence electrons. The number of rotatable bonds is 6. The fraction of sp³-hybridized carbons (Fsp3) is 0.692. The molecule has 1 saturated carbocycles. The molecule has 0 radical (unpaired) electrons. The van der Waals surface area contributed by atoms with Crippen molar-refractivity contribution in [3.8, 4) is 0 Å². The summed E-state index contributed by atoms with van der Waals surface area (Å²) in [5, 5.41) is 7.55. The molecular weight excluding hydrogens is 244 g/mol. The molecular formula is C13H22N4S. The normalized spacial score (nSPS) is 23.0. The van der Waals surface area contributed by atoms with E-state index in [4.69, 9.17) is 0 Å². The molecule has 0 spiro atoms. The van der Waals surface area contributed by atoms with Crippen LogP contribution in [-0.4, -0.2) is 34.1 Å². The predicted molar refractivity (Wildman–Crippen MR) is 79.4 cm³/mol. The van der Waals surface area contributed by atoms with Crippen LogP contribution in [0.5, 0.6) is 0 Å². The van der Waals surface area contributed by atoms with Crippen molar-refractivity contribution in [1.29, 1.82) is 0 Å². The van der Waals surface area contributed by atoms with Gasteiger partial charge in [-0.1, -0.05) is 13.3 Å². The standard InChI is InChI=1S/C13H22N4S/c1-3-7-14-12-8-13(16-9-15-12)17-10-5-4-6-11(10)18-2/h8-11H,3-7H2,1-2H3,(H2,14,15,16,17). The summed E-state index contributed by atoms with van der Waals surface area (Å²) in [6, 6.07) is 2.56. The van der Waals surface area contributed by atoms with Crippen molar-refractivity contribution in [2.45, 2.75) is 43.9 Å². The van der Waals surface area contributed by atoms with Crippen LogP contribution in [0.2, 0.25) is 0 Å². The van der Waals surface area contributed by atoms with Crippen LogP contribution in [0.15, 0.2) is 12.4 Å². The largest absolute Gasteiger partial charge is 0.370 e. The number of hydrogen-bond acceptors (Lipinski definition) is 5. The Kier molecular flexibility index (Phi) is 5.11. The van der Waals surface area contributed by atoms with E-state index in [1.165, 1.54) is 19.3 Å². The Hall–Kier alpha value is -0.970. The quantitative estimate of drug-likeness (QED) is 0.829. The first kappa shape index (κ1) is 13.5. The van der Waals surface area contributed by atoms with E-state index < -0.39 is 0 Å². The summed E-state index contributed by atoms with van der Waals surface area (Å²) < 4.78 is 0. The van der Waals surface area contributed by atoms with Gasteiger partial charge in [-0.05, 0) is 25.5 Å². The summed E-state index contributed by atoms with van der Waals surface area (Å²) >= 11 is 1.96. The average molecular weight is 266 g/mol. The van der Waals surface area contributed by atoms with Crippen molar-refractivity contribution in [1.82, 2.24) is 9.97 Å². The molecule has 0 saturated heterocycles. The van der Waals surface area contributed by atoms with Gasteiger partial charge in [0.2, 0.25) is 0 Å². The summed E-state index contributed by atoms with van der Waals surface area (Å²) in [6.45, 7) is 3.10. The molecule has 18 heavy (non-hydrogen) atoms. The Labute approximate surface area is 113 Å². The molecule has 0 aromatic carbocycles. The maximum absolute atomic E-state index is 4.31. The van der Waals surface area contributed by atoms with E-state index in [0.717, 1.165) is 24.6 Å². The molecule has 1 heterocycles. The first-order valence-corrected chi connectivity index (χ1v) is 7.97. The number of anilines is 2. The zero-order chi connectivity index (χ0) is 12.8. The maximum atomic E-state index is 4.31. The van der Waals surface area contributed by atoms with Crippen molar-refractivity contribution in [3.05, 3.63) is 12.4 Å². The molecule has 1 aromatic heterocycles. The summed E-state index contributed by atoms with van der Waals surface area (Å²) in [5.74, 6) is 1.85. The van der Waals surface area contributed by atoms with Crippen molar-refractivity contribution in [3.63, 3.8) is 0 Å². The molecule has 5 heteroatoms. The highest BCUT2D eigenvalue weighted by Crippen LogP contribution is 2.30. The molecule has 0 bridgehead atoms. The van der Waals surface area contributed by atoms with E-state index in [2.05, 4.69) is 33.8 Å². The highest BCUT2D eigenvalue weighted by atomic mass is 32.2. The minimum absolute atomic E-state index is 0.550. The van der Waals surface area contributed by atoms with Gasteiger partial charge in [0.25, 0.3) is 0 Å². The first-order chi connectivity index (χ1) is 8.83. The van der Waals surface area contributed by atoms with Gasteiger partial charge in [-0.15, -0.1) is 0 Å². The average Bonchev–Trinajstić information content (AvgIpc) is 2.84. The Morgan fingerprint density at radius 2 is 2.17 bits per heavy atom. The Balaban J connectivity index is 1.96. The fourth-order valence-corrected chi connectivity index (χ4v) is 3.28. The number of nitrogens with zero attached hydrogens (tertiary/aromatic N) is 2. The van der Waals surface area contributed by atoms with Gasteiger partial charge in [-0.25, -0.2) is 9.97 Å². The monoisotopic (exact) mass is 266 g/mol. The molecule has 1 aromatic rings. The number of aromatic nitrogens is 2. The molecule has 1 aliphatic rings. The van der Waals surface area contributed by atoms with Crippen LogP contribution in [0.3, 0.4) is 0 Å². The molecule has 0 amide bonds. The third-order valence-electron chi connectivity index (χ3n) is 3.31. The number of nitrogens with one attached hydrogen (secondary N) is 2. The maximum Gasteiger partial charge on any atom is 0.131 e. The van der Waals surface area contributed by atoms with Gasteiger partial charge in [0.05, 0.1) is 0 Å². The zero-order valence-corrected chi connectivity index (χ0v) is 12.0. The van der Waals surface area contributed by atoms with Crippen LogP contribution < -0.4 is 10.6 Å². The molecule has 2 atom stereocenters. The second-order valence-corrected chi connectivity index (χ2v) is 5.75. The lowest BCUT2D eigenvalue weighted by Crippen LogP contribution is -2.26. The van der Waals surface area contributed by atoms with Gasteiger partial charge in [-0.2, -0.15) is 11.8 Å². The van der Waals surface area contributed by atoms with E-state index in [1.807, 2.05) is 17.8 Å². The Morgan fingerprint density at radius 3 is 2.94 bits per heavy atom. The fourth-order valence-electron chi connectivity index (χ4n) is 2.35. The topological polar surface area (TPSA) is 49.8 Å². The van der Waals surface area contributed by atoms with Gasteiger partial charge in [0.1, 0.15) is 18.0 Å².